The van der Waals surface area contributed by atoms with Gasteiger partial charge in [-0.1, -0.05) is 11.6 Å². The normalized spacial score (nSPS) is 12.4. The molecule has 0 spiro atoms. The van der Waals surface area contributed by atoms with Crippen LogP contribution in [0.5, 0.6) is 0 Å². The molecular weight excluding hydrogens is 296 g/mol. The number of allylic oxidation sites excluding steroid dienone is 2. The molecule has 0 aliphatic carbocycles. The Balaban J connectivity index is 2.74. The lowest BCUT2D eigenvalue weighted by Gasteiger charge is -2.10. The van der Waals surface area contributed by atoms with Gasteiger partial charge in [0, 0.05) is 33.2 Å². The lowest BCUT2D eigenvalue weighted by Crippen LogP contribution is -2.37. The van der Waals surface area contributed by atoms with E-state index in [1.807, 2.05) is 26.8 Å². The molecule has 0 saturated carbocycles. The monoisotopic (exact) mass is 320 g/mol. The first-order valence-corrected chi connectivity index (χ1v) is 7.53. The van der Waals surface area contributed by atoms with Crippen molar-refractivity contribution in [2.24, 2.45) is 19.8 Å². The number of hydrogen-bond acceptors (Lipinski definition) is 5. The third-order valence-corrected chi connectivity index (χ3v) is 3.61. The van der Waals surface area contributed by atoms with E-state index in [-0.39, 0.29) is 11.6 Å². The van der Waals surface area contributed by atoms with Crippen LogP contribution in [0.15, 0.2) is 21.2 Å². The molecule has 0 radical (unpaired) electrons. The standard InChI is InChI=1S/C15H24N6O2/c1-9(2)6-7-21-11-12(18-14(21)17-8-10(3)16)19(4)15(23)20(5)13(11)22/h6,10H,7-8,16H2,1-5H3,(H,17,18)/t10-/m1/s1. The van der Waals surface area contributed by atoms with Gasteiger partial charge in [0.25, 0.3) is 5.56 Å². The van der Waals surface area contributed by atoms with Crippen LogP contribution in [0.2, 0.25) is 0 Å². The zero-order valence-electron chi connectivity index (χ0n) is 14.3. The number of hydrogen-bond donors (Lipinski definition) is 2. The van der Waals surface area contributed by atoms with Gasteiger partial charge in [-0.15, -0.1) is 0 Å². The maximum Gasteiger partial charge on any atom is 0.332 e. The summed E-state index contributed by atoms with van der Waals surface area (Å²) in [5.74, 6) is 0.535. The summed E-state index contributed by atoms with van der Waals surface area (Å²) in [6.45, 7) is 6.87. The second-order valence-electron chi connectivity index (χ2n) is 6.06. The van der Waals surface area contributed by atoms with Gasteiger partial charge in [0.2, 0.25) is 5.95 Å². The number of aryl methyl sites for hydroxylation is 1. The molecule has 2 rings (SSSR count). The Morgan fingerprint density at radius 1 is 1.30 bits per heavy atom. The van der Waals surface area contributed by atoms with Crippen molar-refractivity contribution in [3.63, 3.8) is 0 Å². The molecule has 0 aromatic carbocycles. The first kappa shape index (κ1) is 17.0. The highest BCUT2D eigenvalue weighted by Gasteiger charge is 2.18. The molecule has 2 heterocycles. The van der Waals surface area contributed by atoms with Gasteiger partial charge in [0.05, 0.1) is 0 Å². The van der Waals surface area contributed by atoms with Gasteiger partial charge in [-0.25, -0.2) is 4.79 Å². The van der Waals surface area contributed by atoms with E-state index in [1.54, 1.807) is 11.6 Å². The minimum Gasteiger partial charge on any atom is -0.354 e. The molecule has 0 fully saturated rings. The van der Waals surface area contributed by atoms with Crippen molar-refractivity contribution in [2.45, 2.75) is 33.4 Å². The third-order valence-electron chi connectivity index (χ3n) is 3.61. The van der Waals surface area contributed by atoms with Gasteiger partial charge in [-0.2, -0.15) is 4.98 Å². The fraction of sp³-hybridized carbons (Fsp3) is 0.533. The van der Waals surface area contributed by atoms with Crippen LogP contribution in [-0.4, -0.2) is 31.3 Å². The molecule has 2 aromatic rings. The van der Waals surface area contributed by atoms with Crippen molar-refractivity contribution in [1.82, 2.24) is 18.7 Å². The topological polar surface area (TPSA) is 99.9 Å². The van der Waals surface area contributed by atoms with Crippen LogP contribution >= 0.6 is 0 Å². The fourth-order valence-electron chi connectivity index (χ4n) is 2.29. The highest BCUT2D eigenvalue weighted by molar-refractivity contribution is 5.74. The first-order chi connectivity index (χ1) is 10.7. The van der Waals surface area contributed by atoms with Crippen LogP contribution in [0.3, 0.4) is 0 Å². The van der Waals surface area contributed by atoms with E-state index in [2.05, 4.69) is 10.3 Å². The molecule has 0 aliphatic heterocycles. The summed E-state index contributed by atoms with van der Waals surface area (Å²) in [6.07, 6.45) is 2.00. The zero-order chi connectivity index (χ0) is 17.3. The van der Waals surface area contributed by atoms with Crippen molar-refractivity contribution in [3.05, 3.63) is 32.5 Å². The molecule has 1 atom stereocenters. The smallest absolute Gasteiger partial charge is 0.332 e. The van der Waals surface area contributed by atoms with Crippen LogP contribution in [0.4, 0.5) is 5.95 Å². The molecular formula is C15H24N6O2. The lowest BCUT2D eigenvalue weighted by atomic mass is 10.3. The van der Waals surface area contributed by atoms with Gasteiger partial charge in [0.15, 0.2) is 11.2 Å². The van der Waals surface area contributed by atoms with E-state index in [1.165, 1.54) is 11.6 Å². The lowest BCUT2D eigenvalue weighted by molar-refractivity contribution is 0.703. The Kier molecular flexibility index (Phi) is 4.74. The first-order valence-electron chi connectivity index (χ1n) is 7.53. The molecule has 0 unspecified atom stereocenters. The molecule has 0 amide bonds. The summed E-state index contributed by atoms with van der Waals surface area (Å²) in [5, 5.41) is 3.15. The molecule has 8 nitrogen and oxygen atoms in total. The van der Waals surface area contributed by atoms with Crippen LogP contribution in [0, 0.1) is 0 Å². The molecule has 0 bridgehead atoms. The van der Waals surface area contributed by atoms with E-state index in [0.29, 0.717) is 30.2 Å². The summed E-state index contributed by atoms with van der Waals surface area (Å²) < 4.78 is 4.26. The molecule has 23 heavy (non-hydrogen) atoms. The zero-order valence-corrected chi connectivity index (χ0v) is 14.3. The number of nitrogens with two attached hydrogens (primary N) is 1. The molecule has 8 heteroatoms. The van der Waals surface area contributed by atoms with Gasteiger partial charge >= 0.3 is 5.69 Å². The van der Waals surface area contributed by atoms with Gasteiger partial charge in [-0.05, 0) is 20.8 Å². The number of nitrogens with one attached hydrogen (secondary N) is 1. The van der Waals surface area contributed by atoms with Crippen LogP contribution in [-0.2, 0) is 20.6 Å². The largest absolute Gasteiger partial charge is 0.354 e. The van der Waals surface area contributed by atoms with E-state index >= 15 is 0 Å². The van der Waals surface area contributed by atoms with Crippen LogP contribution < -0.4 is 22.3 Å². The number of fused-ring (bicyclic) bond motifs is 1. The summed E-state index contributed by atoms with van der Waals surface area (Å²) in [7, 11) is 3.08. The van der Waals surface area contributed by atoms with Crippen LogP contribution in [0.25, 0.3) is 11.2 Å². The van der Waals surface area contributed by atoms with E-state index < -0.39 is 5.69 Å². The van der Waals surface area contributed by atoms with Crippen molar-refractivity contribution in [1.29, 1.82) is 0 Å². The minimum atomic E-state index is -0.395. The number of aromatic nitrogens is 4. The summed E-state index contributed by atoms with van der Waals surface area (Å²) in [5.41, 5.74) is 6.93. The third kappa shape index (κ3) is 3.21. The number of anilines is 1. The maximum atomic E-state index is 12.5. The predicted molar refractivity (Wildman–Crippen MR) is 91.8 cm³/mol. The Morgan fingerprint density at radius 3 is 2.52 bits per heavy atom. The molecule has 2 aromatic heterocycles. The van der Waals surface area contributed by atoms with Gasteiger partial charge in [-0.3, -0.25) is 13.9 Å². The average molecular weight is 320 g/mol. The van der Waals surface area contributed by atoms with Gasteiger partial charge < -0.3 is 15.6 Å². The second-order valence-corrected chi connectivity index (χ2v) is 6.06. The second kappa shape index (κ2) is 6.41. The number of nitrogens with zero attached hydrogens (tertiary/aromatic N) is 4. The van der Waals surface area contributed by atoms with Crippen molar-refractivity contribution in [2.75, 3.05) is 11.9 Å². The van der Waals surface area contributed by atoms with Crippen molar-refractivity contribution < 1.29 is 0 Å². The molecule has 126 valence electrons. The molecule has 0 saturated heterocycles. The SMILES string of the molecule is CC(C)=CCn1c(NC[C@@H](C)N)nc2c1c(=O)n(C)c(=O)n2C. The summed E-state index contributed by atoms with van der Waals surface area (Å²) in [4.78, 5) is 29.1. The Bertz CT molecular complexity index is 865. The summed E-state index contributed by atoms with van der Waals surface area (Å²) in [6, 6.07) is -0.0571. The minimum absolute atomic E-state index is 0.0571. The Morgan fingerprint density at radius 2 is 1.96 bits per heavy atom. The highest BCUT2D eigenvalue weighted by atomic mass is 16.2. The van der Waals surface area contributed by atoms with E-state index in [0.717, 1.165) is 10.1 Å². The summed E-state index contributed by atoms with van der Waals surface area (Å²) >= 11 is 0. The molecule has 3 N–H and O–H groups in total. The fourth-order valence-corrected chi connectivity index (χ4v) is 2.29. The predicted octanol–water partition coefficient (Wildman–Crippen LogP) is 0.159. The van der Waals surface area contributed by atoms with Crippen molar-refractivity contribution >= 4 is 17.1 Å². The van der Waals surface area contributed by atoms with Crippen LogP contribution in [0.1, 0.15) is 20.8 Å². The molecule has 0 aliphatic rings. The van der Waals surface area contributed by atoms with Crippen molar-refractivity contribution in [3.8, 4) is 0 Å². The average Bonchev–Trinajstić information content (AvgIpc) is 2.85. The highest BCUT2D eigenvalue weighted by Crippen LogP contribution is 2.16. The van der Waals surface area contributed by atoms with Gasteiger partial charge in [0.1, 0.15) is 0 Å². The number of imidazole rings is 1. The quantitative estimate of drug-likeness (QED) is 0.764. The van der Waals surface area contributed by atoms with E-state index in [9.17, 15) is 9.59 Å². The Labute approximate surface area is 134 Å². The maximum absolute atomic E-state index is 12.5. The number of rotatable bonds is 5. The Hall–Kier alpha value is -2.35. The van der Waals surface area contributed by atoms with E-state index in [4.69, 9.17) is 5.73 Å².